The molecular formula is C22H26ClN7O2. The molecule has 10 heteroatoms. The van der Waals surface area contributed by atoms with Crippen LogP contribution in [0.15, 0.2) is 36.7 Å². The first kappa shape index (κ1) is 22.0. The van der Waals surface area contributed by atoms with Crippen LogP contribution in [-0.2, 0) is 4.79 Å². The predicted molar refractivity (Wildman–Crippen MR) is 122 cm³/mol. The SMILES string of the molecule is Cc1cc(N2CCN(C(=O)C(NC(=O)c3ccccc3Cl)C(C)C)CC2)n2ncnc2n1. The van der Waals surface area contributed by atoms with Crippen molar-refractivity contribution in [2.45, 2.75) is 26.8 Å². The van der Waals surface area contributed by atoms with Gasteiger partial charge in [0.25, 0.3) is 11.7 Å². The second-order valence-corrected chi connectivity index (χ2v) is 8.62. The van der Waals surface area contributed by atoms with Crippen LogP contribution in [0.5, 0.6) is 0 Å². The smallest absolute Gasteiger partial charge is 0.254 e. The van der Waals surface area contributed by atoms with E-state index in [0.29, 0.717) is 42.5 Å². The van der Waals surface area contributed by atoms with Gasteiger partial charge in [-0.3, -0.25) is 9.59 Å². The van der Waals surface area contributed by atoms with Crippen molar-refractivity contribution in [2.75, 3.05) is 31.1 Å². The number of benzene rings is 1. The average Bonchev–Trinajstić information content (AvgIpc) is 3.25. The minimum absolute atomic E-state index is 0.0652. The highest BCUT2D eigenvalue weighted by Crippen LogP contribution is 2.20. The molecule has 168 valence electrons. The van der Waals surface area contributed by atoms with Gasteiger partial charge in [0.15, 0.2) is 0 Å². The summed E-state index contributed by atoms with van der Waals surface area (Å²) in [6, 6.07) is 8.17. The molecule has 1 aliphatic heterocycles. The van der Waals surface area contributed by atoms with Gasteiger partial charge in [0.1, 0.15) is 18.2 Å². The Morgan fingerprint density at radius 1 is 1.12 bits per heavy atom. The molecule has 0 bridgehead atoms. The summed E-state index contributed by atoms with van der Waals surface area (Å²) in [5.74, 6) is 0.966. The number of hydrogen-bond acceptors (Lipinski definition) is 6. The Balaban J connectivity index is 1.44. The van der Waals surface area contributed by atoms with E-state index in [1.54, 1.807) is 33.7 Å². The maximum atomic E-state index is 13.3. The summed E-state index contributed by atoms with van der Waals surface area (Å²) in [6.45, 7) is 8.15. The zero-order valence-electron chi connectivity index (χ0n) is 18.3. The molecule has 3 aromatic rings. The molecule has 1 atom stereocenters. The molecule has 0 saturated carbocycles. The second kappa shape index (κ2) is 9.12. The van der Waals surface area contributed by atoms with E-state index in [1.165, 1.54) is 6.33 Å². The summed E-state index contributed by atoms with van der Waals surface area (Å²) in [7, 11) is 0. The summed E-state index contributed by atoms with van der Waals surface area (Å²) in [6.07, 6.45) is 1.49. The Morgan fingerprint density at radius 2 is 1.84 bits per heavy atom. The average molecular weight is 456 g/mol. The molecule has 3 heterocycles. The van der Waals surface area contributed by atoms with Gasteiger partial charge in [-0.2, -0.15) is 14.6 Å². The van der Waals surface area contributed by atoms with Crippen LogP contribution in [0.25, 0.3) is 5.78 Å². The molecule has 0 spiro atoms. The number of carbonyl (C=O) groups is 2. The fourth-order valence-corrected chi connectivity index (χ4v) is 4.09. The maximum Gasteiger partial charge on any atom is 0.254 e. The van der Waals surface area contributed by atoms with Crippen molar-refractivity contribution < 1.29 is 9.59 Å². The third kappa shape index (κ3) is 4.38. The van der Waals surface area contributed by atoms with Gasteiger partial charge in [0, 0.05) is 37.9 Å². The molecule has 1 aromatic carbocycles. The normalized spacial score (nSPS) is 15.3. The van der Waals surface area contributed by atoms with Crippen molar-refractivity contribution in [3.8, 4) is 0 Å². The van der Waals surface area contributed by atoms with E-state index in [9.17, 15) is 9.59 Å². The Kier molecular flexibility index (Phi) is 6.27. The highest BCUT2D eigenvalue weighted by Gasteiger charge is 2.31. The van der Waals surface area contributed by atoms with Crippen molar-refractivity contribution in [2.24, 2.45) is 5.92 Å². The van der Waals surface area contributed by atoms with Gasteiger partial charge in [-0.25, -0.2) is 4.98 Å². The molecule has 2 amide bonds. The van der Waals surface area contributed by atoms with Crippen molar-refractivity contribution in [1.82, 2.24) is 29.8 Å². The monoisotopic (exact) mass is 455 g/mol. The molecule has 32 heavy (non-hydrogen) atoms. The van der Waals surface area contributed by atoms with Crippen molar-refractivity contribution in [3.63, 3.8) is 0 Å². The van der Waals surface area contributed by atoms with Crippen LogP contribution in [0, 0.1) is 12.8 Å². The Labute approximate surface area is 191 Å². The van der Waals surface area contributed by atoms with E-state index in [0.717, 1.165) is 11.5 Å². The Morgan fingerprint density at radius 3 is 2.53 bits per heavy atom. The van der Waals surface area contributed by atoms with E-state index >= 15 is 0 Å². The number of hydrogen-bond donors (Lipinski definition) is 1. The largest absolute Gasteiger partial charge is 0.353 e. The van der Waals surface area contributed by atoms with Gasteiger partial charge in [0.05, 0.1) is 10.6 Å². The fourth-order valence-electron chi connectivity index (χ4n) is 3.87. The molecule has 4 rings (SSSR count). The van der Waals surface area contributed by atoms with Gasteiger partial charge < -0.3 is 15.1 Å². The molecule has 9 nitrogen and oxygen atoms in total. The second-order valence-electron chi connectivity index (χ2n) is 8.21. The summed E-state index contributed by atoms with van der Waals surface area (Å²) >= 11 is 6.15. The van der Waals surface area contributed by atoms with E-state index < -0.39 is 6.04 Å². The minimum Gasteiger partial charge on any atom is -0.353 e. The molecule has 0 radical (unpaired) electrons. The minimum atomic E-state index is -0.629. The predicted octanol–water partition coefficient (Wildman–Crippen LogP) is 2.19. The lowest BCUT2D eigenvalue weighted by Gasteiger charge is -2.38. The number of rotatable bonds is 5. The summed E-state index contributed by atoms with van der Waals surface area (Å²) in [5.41, 5.74) is 1.23. The summed E-state index contributed by atoms with van der Waals surface area (Å²) in [5, 5.41) is 7.52. The topological polar surface area (TPSA) is 95.7 Å². The first-order valence-corrected chi connectivity index (χ1v) is 11.0. The van der Waals surface area contributed by atoms with Crippen LogP contribution in [0.1, 0.15) is 29.9 Å². The third-order valence-corrected chi connectivity index (χ3v) is 5.94. The number of halogens is 1. The van der Waals surface area contributed by atoms with Crippen LogP contribution in [0.3, 0.4) is 0 Å². The lowest BCUT2D eigenvalue weighted by Crippen LogP contribution is -2.56. The number of nitrogens with zero attached hydrogens (tertiary/aromatic N) is 6. The van der Waals surface area contributed by atoms with Gasteiger partial charge in [0.2, 0.25) is 5.91 Å². The molecule has 1 aliphatic rings. The van der Waals surface area contributed by atoms with E-state index in [4.69, 9.17) is 11.6 Å². The number of nitrogens with one attached hydrogen (secondary N) is 1. The van der Waals surface area contributed by atoms with Crippen molar-refractivity contribution in [3.05, 3.63) is 52.9 Å². The number of amides is 2. The van der Waals surface area contributed by atoms with Crippen molar-refractivity contribution in [1.29, 1.82) is 0 Å². The summed E-state index contributed by atoms with van der Waals surface area (Å²) in [4.78, 5) is 38.6. The standard InChI is InChI=1S/C22H26ClN7O2/c1-14(2)19(27-20(31)16-6-4-5-7-17(16)23)21(32)29-10-8-28(9-11-29)18-12-15(3)26-22-24-13-25-30(18)22/h4-7,12-14,19H,8-11H2,1-3H3,(H,27,31). The number of aryl methyl sites for hydroxylation is 1. The van der Waals surface area contributed by atoms with Crippen LogP contribution in [-0.4, -0.2) is 68.5 Å². The number of aromatic nitrogens is 4. The highest BCUT2D eigenvalue weighted by molar-refractivity contribution is 6.33. The lowest BCUT2D eigenvalue weighted by atomic mass is 10.0. The van der Waals surface area contributed by atoms with Gasteiger partial charge >= 0.3 is 0 Å². The Bertz CT molecular complexity index is 1140. The Hall–Kier alpha value is -3.20. The highest BCUT2D eigenvalue weighted by atomic mass is 35.5. The van der Waals surface area contributed by atoms with E-state index in [1.807, 2.05) is 26.8 Å². The van der Waals surface area contributed by atoms with Gasteiger partial charge in [-0.05, 0) is 25.0 Å². The number of anilines is 1. The number of piperazine rings is 1. The molecule has 1 N–H and O–H groups in total. The van der Waals surface area contributed by atoms with Crippen LogP contribution in [0.4, 0.5) is 5.82 Å². The lowest BCUT2D eigenvalue weighted by molar-refractivity contribution is -0.134. The van der Waals surface area contributed by atoms with Crippen molar-refractivity contribution >= 4 is 35.0 Å². The maximum absolute atomic E-state index is 13.3. The van der Waals surface area contributed by atoms with Crippen LogP contribution < -0.4 is 10.2 Å². The quantitative estimate of drug-likeness (QED) is 0.633. The number of carbonyl (C=O) groups excluding carboxylic acids is 2. The first-order chi connectivity index (χ1) is 15.3. The van der Waals surface area contributed by atoms with Gasteiger partial charge in [-0.1, -0.05) is 37.6 Å². The molecule has 1 unspecified atom stereocenters. The van der Waals surface area contributed by atoms with E-state index in [-0.39, 0.29) is 17.7 Å². The first-order valence-electron chi connectivity index (χ1n) is 10.6. The molecule has 0 aliphatic carbocycles. The van der Waals surface area contributed by atoms with E-state index in [2.05, 4.69) is 25.3 Å². The molecule has 1 saturated heterocycles. The summed E-state index contributed by atoms with van der Waals surface area (Å²) < 4.78 is 1.71. The zero-order chi connectivity index (χ0) is 22.8. The zero-order valence-corrected chi connectivity index (χ0v) is 19.1. The van der Waals surface area contributed by atoms with Crippen LogP contribution >= 0.6 is 11.6 Å². The third-order valence-electron chi connectivity index (χ3n) is 5.61. The van der Waals surface area contributed by atoms with Crippen LogP contribution in [0.2, 0.25) is 5.02 Å². The molecule has 2 aromatic heterocycles. The van der Waals surface area contributed by atoms with Gasteiger partial charge in [-0.15, -0.1) is 0 Å². The fraction of sp³-hybridized carbons (Fsp3) is 0.409. The molecular weight excluding hydrogens is 430 g/mol. The number of fused-ring (bicyclic) bond motifs is 1. The molecule has 1 fully saturated rings.